The molecule has 0 aliphatic carbocycles. The Kier molecular flexibility index (Phi) is 4.10. The Morgan fingerprint density at radius 1 is 1.25 bits per heavy atom. The number of rotatable bonds is 5. The Morgan fingerprint density at radius 2 is 2.12 bits per heavy atom. The first-order valence-corrected chi connectivity index (χ1v) is 8.98. The molecule has 0 saturated carbocycles. The van der Waals surface area contributed by atoms with E-state index >= 15 is 0 Å². The van der Waals surface area contributed by atoms with E-state index < -0.39 is 0 Å². The van der Waals surface area contributed by atoms with Crippen molar-refractivity contribution in [3.05, 3.63) is 40.9 Å². The van der Waals surface area contributed by atoms with Crippen LogP contribution in [0.3, 0.4) is 0 Å². The average Bonchev–Trinajstić information content (AvgIpc) is 3.18. The lowest BCUT2D eigenvalue weighted by atomic mass is 10.2. The van der Waals surface area contributed by atoms with Gasteiger partial charge < -0.3 is 9.88 Å². The highest BCUT2D eigenvalue weighted by Gasteiger charge is 2.25. The van der Waals surface area contributed by atoms with Crippen molar-refractivity contribution in [1.82, 2.24) is 19.4 Å². The van der Waals surface area contributed by atoms with Gasteiger partial charge >= 0.3 is 5.69 Å². The maximum Gasteiger partial charge on any atom is 0.349 e. The fourth-order valence-electron chi connectivity index (χ4n) is 3.81. The third-order valence-corrected chi connectivity index (χ3v) is 5.14. The molecule has 0 amide bonds. The van der Waals surface area contributed by atoms with E-state index in [1.807, 2.05) is 29.0 Å². The number of H-pyrrole nitrogens is 1. The van der Waals surface area contributed by atoms with Gasteiger partial charge in [-0.1, -0.05) is 38.0 Å². The van der Waals surface area contributed by atoms with Gasteiger partial charge in [-0.2, -0.15) is 4.98 Å². The normalized spacial score (nSPS) is 18.8. The molecule has 0 radical (unpaired) electrons. The summed E-state index contributed by atoms with van der Waals surface area (Å²) < 4.78 is 1.85. The zero-order valence-electron chi connectivity index (χ0n) is 14.2. The summed E-state index contributed by atoms with van der Waals surface area (Å²) in [6, 6.07) is 8.36. The quantitative estimate of drug-likeness (QED) is 0.733. The number of likely N-dealkylation sites (tertiary alicyclic amines) is 1. The molecule has 1 saturated heterocycles. The second-order valence-electron chi connectivity index (χ2n) is 6.81. The molecule has 1 N–H and O–H groups in total. The molecule has 1 aliphatic heterocycles. The highest BCUT2D eigenvalue weighted by atomic mass is 16.1. The van der Waals surface area contributed by atoms with Crippen molar-refractivity contribution < 1.29 is 0 Å². The van der Waals surface area contributed by atoms with Crippen molar-refractivity contribution in [2.24, 2.45) is 0 Å². The predicted molar refractivity (Wildman–Crippen MR) is 97.5 cm³/mol. The van der Waals surface area contributed by atoms with Crippen molar-refractivity contribution in [2.45, 2.75) is 38.6 Å². The van der Waals surface area contributed by atoms with E-state index in [1.54, 1.807) is 0 Å². The van der Waals surface area contributed by atoms with Gasteiger partial charge in [0, 0.05) is 35.6 Å². The molecule has 3 aromatic rings. The molecule has 3 heterocycles. The summed E-state index contributed by atoms with van der Waals surface area (Å²) in [6.45, 7) is 5.40. The first kappa shape index (κ1) is 15.4. The van der Waals surface area contributed by atoms with Crippen LogP contribution >= 0.6 is 0 Å². The third-order valence-electron chi connectivity index (χ3n) is 5.14. The molecule has 1 aromatic carbocycles. The van der Waals surface area contributed by atoms with E-state index in [9.17, 15) is 4.79 Å². The van der Waals surface area contributed by atoms with Crippen LogP contribution in [-0.4, -0.2) is 39.1 Å². The summed E-state index contributed by atoms with van der Waals surface area (Å²) in [5.41, 5.74) is 1.58. The van der Waals surface area contributed by atoms with Gasteiger partial charge in [-0.05, 0) is 25.5 Å². The van der Waals surface area contributed by atoms with E-state index in [2.05, 4.69) is 27.9 Å². The number of nitrogens with zero attached hydrogens (tertiary/aromatic N) is 3. The molecule has 1 fully saturated rings. The molecule has 0 bridgehead atoms. The van der Waals surface area contributed by atoms with Gasteiger partial charge in [0.15, 0.2) is 0 Å². The summed E-state index contributed by atoms with van der Waals surface area (Å²) in [7, 11) is 0. The van der Waals surface area contributed by atoms with E-state index in [4.69, 9.17) is 0 Å². The number of aromatic amines is 1. The molecule has 5 nitrogen and oxygen atoms in total. The number of hydrogen-bond donors (Lipinski definition) is 1. The lowest BCUT2D eigenvalue weighted by molar-refractivity contribution is 0.314. The number of nitrogens with one attached hydrogen (secondary N) is 1. The molecular formula is C19H24N4O. The van der Waals surface area contributed by atoms with Crippen LogP contribution < -0.4 is 5.69 Å². The number of unbranched alkanes of at least 4 members (excludes halogenated alkanes) is 2. The molecular weight excluding hydrogens is 300 g/mol. The maximum absolute atomic E-state index is 12.5. The van der Waals surface area contributed by atoms with Crippen LogP contribution in [0.1, 0.15) is 38.6 Å². The third kappa shape index (κ3) is 2.73. The van der Waals surface area contributed by atoms with E-state index in [0.717, 1.165) is 42.3 Å². The van der Waals surface area contributed by atoms with E-state index in [-0.39, 0.29) is 11.7 Å². The summed E-state index contributed by atoms with van der Waals surface area (Å²) in [6.07, 6.45) is 6.81. The monoisotopic (exact) mass is 324 g/mol. The molecule has 2 aromatic heterocycles. The number of benzene rings is 1. The van der Waals surface area contributed by atoms with Crippen molar-refractivity contribution in [2.75, 3.05) is 19.6 Å². The zero-order valence-corrected chi connectivity index (χ0v) is 14.2. The molecule has 24 heavy (non-hydrogen) atoms. The Balaban J connectivity index is 1.63. The minimum Gasteiger partial charge on any atom is -0.339 e. The van der Waals surface area contributed by atoms with Crippen LogP contribution in [0, 0.1) is 0 Å². The van der Waals surface area contributed by atoms with Gasteiger partial charge in [0.1, 0.15) is 5.65 Å². The lowest BCUT2D eigenvalue weighted by Crippen LogP contribution is -2.29. The predicted octanol–water partition coefficient (Wildman–Crippen LogP) is 3.31. The fraction of sp³-hybridized carbons (Fsp3) is 0.474. The van der Waals surface area contributed by atoms with Crippen molar-refractivity contribution in [1.29, 1.82) is 0 Å². The van der Waals surface area contributed by atoms with Gasteiger partial charge in [0.05, 0.1) is 6.04 Å². The maximum atomic E-state index is 12.5. The Hall–Kier alpha value is -2.14. The smallest absolute Gasteiger partial charge is 0.339 e. The van der Waals surface area contributed by atoms with Crippen molar-refractivity contribution in [3.8, 4) is 0 Å². The Morgan fingerprint density at radius 3 is 3.00 bits per heavy atom. The number of para-hydroxylation sites is 1. The van der Waals surface area contributed by atoms with Crippen molar-refractivity contribution in [3.63, 3.8) is 0 Å². The first-order valence-electron chi connectivity index (χ1n) is 8.98. The summed E-state index contributed by atoms with van der Waals surface area (Å²) in [5, 5.41) is 2.17. The molecule has 0 spiro atoms. The summed E-state index contributed by atoms with van der Waals surface area (Å²) in [4.78, 5) is 22.5. The van der Waals surface area contributed by atoms with Gasteiger partial charge in [0.25, 0.3) is 0 Å². The molecule has 5 heteroatoms. The van der Waals surface area contributed by atoms with Crippen LogP contribution in [0.2, 0.25) is 0 Å². The highest BCUT2D eigenvalue weighted by Crippen LogP contribution is 2.25. The minimum atomic E-state index is -0.144. The molecule has 1 atom stereocenters. The van der Waals surface area contributed by atoms with Crippen LogP contribution in [0.15, 0.2) is 35.3 Å². The number of hydrogen-bond acceptors (Lipinski definition) is 3. The van der Waals surface area contributed by atoms with E-state index in [0.29, 0.717) is 5.65 Å². The van der Waals surface area contributed by atoms with Crippen molar-refractivity contribution >= 4 is 21.9 Å². The second-order valence-corrected chi connectivity index (χ2v) is 6.81. The Bertz CT molecular complexity index is 911. The summed E-state index contributed by atoms with van der Waals surface area (Å²) in [5.74, 6) is 0. The Labute approximate surface area is 141 Å². The SMILES string of the molecule is CCCCCN1CCC(n2cc3c(nc2=O)[nH]c2ccccc23)C1. The first-order chi connectivity index (χ1) is 11.8. The summed E-state index contributed by atoms with van der Waals surface area (Å²) >= 11 is 0. The van der Waals surface area contributed by atoms with E-state index in [1.165, 1.54) is 19.3 Å². The fourth-order valence-corrected chi connectivity index (χ4v) is 3.81. The molecule has 4 rings (SSSR count). The molecule has 1 aliphatic rings. The van der Waals surface area contributed by atoms with Gasteiger partial charge in [-0.3, -0.25) is 4.57 Å². The highest BCUT2D eigenvalue weighted by molar-refractivity contribution is 6.05. The van der Waals surface area contributed by atoms with Crippen LogP contribution in [-0.2, 0) is 0 Å². The van der Waals surface area contributed by atoms with Crippen LogP contribution in [0.4, 0.5) is 0 Å². The zero-order chi connectivity index (χ0) is 16.5. The minimum absolute atomic E-state index is 0.144. The number of fused-ring (bicyclic) bond motifs is 3. The standard InChI is InChI=1S/C19H24N4O/c1-2-3-6-10-22-11-9-14(12-22)23-13-16-15-7-4-5-8-17(15)20-18(16)21-19(23)24/h4-5,7-8,13-14H,2-3,6,9-12H2,1H3,(H,20,21,24). The molecule has 126 valence electrons. The van der Waals surface area contributed by atoms with Gasteiger partial charge in [0.2, 0.25) is 0 Å². The van der Waals surface area contributed by atoms with Crippen LogP contribution in [0.5, 0.6) is 0 Å². The largest absolute Gasteiger partial charge is 0.349 e. The number of aromatic nitrogens is 3. The second kappa shape index (κ2) is 6.40. The van der Waals surface area contributed by atoms with Gasteiger partial charge in [-0.15, -0.1) is 0 Å². The average molecular weight is 324 g/mol. The topological polar surface area (TPSA) is 53.9 Å². The van der Waals surface area contributed by atoms with Gasteiger partial charge in [-0.25, -0.2) is 4.79 Å². The van der Waals surface area contributed by atoms with Crippen LogP contribution in [0.25, 0.3) is 21.9 Å². The lowest BCUT2D eigenvalue weighted by Gasteiger charge is -2.16. The molecule has 1 unspecified atom stereocenters.